The monoisotopic (exact) mass is 351 g/mol. The molecule has 1 unspecified atom stereocenters. The van der Waals surface area contributed by atoms with Crippen molar-refractivity contribution in [2.75, 3.05) is 5.32 Å². The summed E-state index contributed by atoms with van der Waals surface area (Å²) in [5.74, 6) is -0.901. The molecule has 1 aromatic carbocycles. The van der Waals surface area contributed by atoms with Crippen molar-refractivity contribution in [1.29, 1.82) is 0 Å². The highest BCUT2D eigenvalue weighted by molar-refractivity contribution is 6.31. The third-order valence-electron chi connectivity index (χ3n) is 3.97. The molecule has 24 heavy (non-hydrogen) atoms. The molecule has 1 aromatic heterocycles. The van der Waals surface area contributed by atoms with Gasteiger partial charge in [-0.05, 0) is 36.6 Å². The van der Waals surface area contributed by atoms with Gasteiger partial charge in [0.05, 0.1) is 5.02 Å². The second kappa shape index (κ2) is 6.16. The summed E-state index contributed by atoms with van der Waals surface area (Å²) in [5, 5.41) is 2.63. The Labute approximate surface area is 142 Å². The predicted octanol–water partition coefficient (Wildman–Crippen LogP) is 3.15. The van der Waals surface area contributed by atoms with Crippen LogP contribution in [0.15, 0.2) is 24.4 Å². The van der Waals surface area contributed by atoms with E-state index in [1.807, 2.05) is 0 Å². The van der Waals surface area contributed by atoms with Gasteiger partial charge < -0.3 is 20.4 Å². The first-order valence-electron chi connectivity index (χ1n) is 7.27. The van der Waals surface area contributed by atoms with E-state index in [2.05, 4.69) is 5.32 Å². The molecular formula is C16H15ClFN3O3. The number of fused-ring (bicyclic) bond motifs is 1. The average Bonchev–Trinajstić information content (AvgIpc) is 3.01. The number of nitrogens with zero attached hydrogens (tertiary/aromatic N) is 1. The van der Waals surface area contributed by atoms with Crippen molar-refractivity contribution in [3.05, 3.63) is 52.1 Å². The normalized spacial score (nSPS) is 15.9. The number of carbonyl (C=O) groups excluding carboxylic acids is 2. The molecule has 0 saturated heterocycles. The van der Waals surface area contributed by atoms with E-state index >= 15 is 0 Å². The molecule has 1 heterocycles. The van der Waals surface area contributed by atoms with E-state index in [4.69, 9.17) is 22.1 Å². The fourth-order valence-electron chi connectivity index (χ4n) is 3.00. The van der Waals surface area contributed by atoms with Crippen LogP contribution in [0.3, 0.4) is 0 Å². The summed E-state index contributed by atoms with van der Waals surface area (Å²) in [6.45, 7) is 0. The lowest BCUT2D eigenvalue weighted by atomic mass is 10.1. The first kappa shape index (κ1) is 16.3. The molecule has 126 valence electrons. The summed E-state index contributed by atoms with van der Waals surface area (Å²) >= 11 is 5.72. The summed E-state index contributed by atoms with van der Waals surface area (Å²) < 4.78 is 19.9. The van der Waals surface area contributed by atoms with Crippen LogP contribution in [0.25, 0.3) is 0 Å². The molecule has 0 saturated carbocycles. The van der Waals surface area contributed by atoms with E-state index in [0.717, 1.165) is 11.1 Å². The molecule has 0 spiro atoms. The first-order valence-corrected chi connectivity index (χ1v) is 7.65. The number of hydrogen-bond donors (Lipinski definition) is 2. The van der Waals surface area contributed by atoms with Gasteiger partial charge in [0, 0.05) is 24.5 Å². The predicted molar refractivity (Wildman–Crippen MR) is 86.5 cm³/mol. The highest BCUT2D eigenvalue weighted by Gasteiger charge is 2.32. The number of aromatic nitrogens is 1. The second-order valence-corrected chi connectivity index (χ2v) is 5.98. The summed E-state index contributed by atoms with van der Waals surface area (Å²) in [7, 11) is 1.73. The SMILES string of the molecule is Cn1cc2c(c1C(=O)Nc1ccc(F)c(Cl)c1)CCC2OC(N)=O. The van der Waals surface area contributed by atoms with Crippen molar-refractivity contribution < 1.29 is 18.7 Å². The van der Waals surface area contributed by atoms with E-state index in [9.17, 15) is 14.0 Å². The van der Waals surface area contributed by atoms with Crippen LogP contribution in [-0.2, 0) is 18.2 Å². The standard InChI is InChI=1S/C16H15ClFN3O3/c1-21-7-10-9(3-5-13(10)24-16(19)23)14(21)15(22)20-8-2-4-12(18)11(17)6-8/h2,4,6-7,13H,3,5H2,1H3,(H2,19,23)(H,20,22). The lowest BCUT2D eigenvalue weighted by Crippen LogP contribution is -2.17. The Morgan fingerprint density at radius 1 is 1.46 bits per heavy atom. The minimum absolute atomic E-state index is 0.0696. The van der Waals surface area contributed by atoms with Gasteiger partial charge in [0.25, 0.3) is 5.91 Å². The fraction of sp³-hybridized carbons (Fsp3) is 0.250. The number of nitrogens with one attached hydrogen (secondary N) is 1. The van der Waals surface area contributed by atoms with Gasteiger partial charge in [0.1, 0.15) is 17.6 Å². The zero-order valence-corrected chi connectivity index (χ0v) is 13.6. The minimum atomic E-state index is -0.844. The third kappa shape index (κ3) is 2.94. The Morgan fingerprint density at radius 3 is 2.88 bits per heavy atom. The van der Waals surface area contributed by atoms with Gasteiger partial charge in [-0.2, -0.15) is 0 Å². The van der Waals surface area contributed by atoms with Gasteiger partial charge in [0.15, 0.2) is 0 Å². The number of nitrogens with two attached hydrogens (primary N) is 1. The van der Waals surface area contributed by atoms with Crippen molar-refractivity contribution in [3.8, 4) is 0 Å². The third-order valence-corrected chi connectivity index (χ3v) is 4.26. The summed E-state index contributed by atoms with van der Waals surface area (Å²) in [4.78, 5) is 23.5. The van der Waals surface area contributed by atoms with E-state index < -0.39 is 18.0 Å². The lowest BCUT2D eigenvalue weighted by Gasteiger charge is -2.09. The molecule has 0 fully saturated rings. The molecule has 3 rings (SSSR count). The number of rotatable bonds is 3. The molecule has 0 radical (unpaired) electrons. The maximum absolute atomic E-state index is 13.2. The van der Waals surface area contributed by atoms with Crippen molar-refractivity contribution in [1.82, 2.24) is 4.57 Å². The number of halogens is 2. The number of aryl methyl sites for hydroxylation is 1. The minimum Gasteiger partial charge on any atom is -0.441 e. The molecular weight excluding hydrogens is 337 g/mol. The molecule has 2 aromatic rings. The van der Waals surface area contributed by atoms with Crippen molar-refractivity contribution >= 4 is 29.3 Å². The molecule has 1 aliphatic rings. The van der Waals surface area contributed by atoms with Crippen LogP contribution >= 0.6 is 11.6 Å². The maximum atomic E-state index is 13.2. The van der Waals surface area contributed by atoms with E-state index in [-0.39, 0.29) is 10.9 Å². The zero-order chi connectivity index (χ0) is 17.4. The smallest absolute Gasteiger partial charge is 0.405 e. The van der Waals surface area contributed by atoms with Crippen molar-refractivity contribution in [2.24, 2.45) is 12.8 Å². The van der Waals surface area contributed by atoms with Gasteiger partial charge >= 0.3 is 6.09 Å². The van der Waals surface area contributed by atoms with Gasteiger partial charge in [-0.1, -0.05) is 11.6 Å². The Bertz CT molecular complexity index is 834. The zero-order valence-electron chi connectivity index (χ0n) is 12.8. The van der Waals surface area contributed by atoms with Crippen molar-refractivity contribution in [3.63, 3.8) is 0 Å². The Morgan fingerprint density at radius 2 is 2.21 bits per heavy atom. The fourth-order valence-corrected chi connectivity index (χ4v) is 3.18. The van der Waals surface area contributed by atoms with Gasteiger partial charge in [-0.15, -0.1) is 0 Å². The van der Waals surface area contributed by atoms with Crippen LogP contribution < -0.4 is 11.1 Å². The van der Waals surface area contributed by atoms with Gasteiger partial charge in [0.2, 0.25) is 0 Å². The van der Waals surface area contributed by atoms with Crippen LogP contribution in [0.5, 0.6) is 0 Å². The van der Waals surface area contributed by atoms with Gasteiger partial charge in [-0.3, -0.25) is 4.79 Å². The molecule has 3 N–H and O–H groups in total. The quantitative estimate of drug-likeness (QED) is 0.890. The molecule has 6 nitrogen and oxygen atoms in total. The number of hydrogen-bond acceptors (Lipinski definition) is 3. The topological polar surface area (TPSA) is 86.3 Å². The first-order chi connectivity index (χ1) is 11.4. The van der Waals surface area contributed by atoms with E-state index in [1.54, 1.807) is 17.8 Å². The molecule has 0 aliphatic heterocycles. The summed E-state index contributed by atoms with van der Waals surface area (Å²) in [6.07, 6.45) is 1.65. The van der Waals surface area contributed by atoms with Crippen molar-refractivity contribution in [2.45, 2.75) is 18.9 Å². The van der Waals surface area contributed by atoms with Crippen LogP contribution in [0.1, 0.15) is 34.1 Å². The Kier molecular flexibility index (Phi) is 4.19. The molecule has 1 atom stereocenters. The van der Waals surface area contributed by atoms with E-state index in [0.29, 0.717) is 24.2 Å². The van der Waals surface area contributed by atoms with Crippen LogP contribution in [-0.4, -0.2) is 16.6 Å². The highest BCUT2D eigenvalue weighted by Crippen LogP contribution is 2.37. The van der Waals surface area contributed by atoms with Crippen LogP contribution in [0.2, 0.25) is 5.02 Å². The number of anilines is 1. The second-order valence-electron chi connectivity index (χ2n) is 5.57. The highest BCUT2D eigenvalue weighted by atomic mass is 35.5. The molecule has 2 amide bonds. The number of primary amides is 1. The molecule has 8 heteroatoms. The molecule has 1 aliphatic carbocycles. The molecule has 0 bridgehead atoms. The Balaban J connectivity index is 1.86. The maximum Gasteiger partial charge on any atom is 0.405 e. The summed E-state index contributed by atoms with van der Waals surface area (Å²) in [5.41, 5.74) is 7.52. The number of carbonyl (C=O) groups is 2. The largest absolute Gasteiger partial charge is 0.441 e. The van der Waals surface area contributed by atoms with Gasteiger partial charge in [-0.25, -0.2) is 9.18 Å². The number of amides is 2. The number of ether oxygens (including phenoxy) is 1. The van der Waals surface area contributed by atoms with Crippen LogP contribution in [0.4, 0.5) is 14.9 Å². The van der Waals surface area contributed by atoms with E-state index in [1.165, 1.54) is 18.2 Å². The average molecular weight is 352 g/mol. The summed E-state index contributed by atoms with van der Waals surface area (Å²) in [6, 6.07) is 3.96. The lowest BCUT2D eigenvalue weighted by molar-refractivity contribution is 0.101. The Hall–Kier alpha value is -2.54. The van der Waals surface area contributed by atoms with Crippen LogP contribution in [0, 0.1) is 5.82 Å². The number of benzene rings is 1.